The second-order valence-electron chi connectivity index (χ2n) is 6.63. The molecule has 0 bridgehead atoms. The van der Waals surface area contributed by atoms with Crippen LogP contribution < -0.4 is 5.32 Å². The summed E-state index contributed by atoms with van der Waals surface area (Å²) in [7, 11) is 0. The van der Waals surface area contributed by atoms with E-state index in [1.165, 1.54) is 11.8 Å². The molecule has 0 atom stereocenters. The Balaban J connectivity index is 1.40. The van der Waals surface area contributed by atoms with Crippen LogP contribution in [0, 0.1) is 0 Å². The zero-order valence-corrected chi connectivity index (χ0v) is 18.7. The van der Waals surface area contributed by atoms with E-state index in [4.69, 9.17) is 11.6 Å². The summed E-state index contributed by atoms with van der Waals surface area (Å²) in [6, 6.07) is 16.6. The number of hydrogen-bond donors (Lipinski definition) is 1. The quantitative estimate of drug-likeness (QED) is 0.327. The maximum atomic E-state index is 12.7. The third-order valence-electron chi connectivity index (χ3n) is 4.55. The number of aromatic nitrogens is 4. The molecule has 158 valence electrons. The number of thioether (sulfide) groups is 1. The van der Waals surface area contributed by atoms with E-state index in [9.17, 15) is 4.79 Å². The minimum atomic E-state index is -0.174. The van der Waals surface area contributed by atoms with Crippen molar-refractivity contribution in [2.24, 2.45) is 8.73 Å². The average Bonchev–Trinajstić information content (AvgIpc) is 3.47. The third-order valence-corrected chi connectivity index (χ3v) is 6.27. The first-order valence-corrected chi connectivity index (χ1v) is 11.5. The molecular weight excluding hydrogens is 466 g/mol. The van der Waals surface area contributed by atoms with Crippen molar-refractivity contribution in [3.63, 3.8) is 0 Å². The van der Waals surface area contributed by atoms with Crippen LogP contribution in [-0.4, -0.2) is 31.4 Å². The van der Waals surface area contributed by atoms with Crippen LogP contribution in [-0.2, 0) is 16.1 Å². The molecule has 3 heterocycles. The molecule has 0 fully saturated rings. The van der Waals surface area contributed by atoms with Gasteiger partial charge in [-0.25, -0.2) is 0 Å². The Morgan fingerprint density at radius 2 is 1.84 bits per heavy atom. The Morgan fingerprint density at radius 1 is 1.03 bits per heavy atom. The first kappa shape index (κ1) is 20.6. The highest BCUT2D eigenvalue weighted by Gasteiger charge is 2.18. The third kappa shape index (κ3) is 4.20. The highest BCUT2D eigenvalue weighted by atomic mass is 35.5. The summed E-state index contributed by atoms with van der Waals surface area (Å²) in [5, 5.41) is 12.8. The molecule has 0 aliphatic carbocycles. The van der Waals surface area contributed by atoms with Crippen LogP contribution in [0.2, 0.25) is 5.02 Å². The van der Waals surface area contributed by atoms with Crippen molar-refractivity contribution in [2.75, 3.05) is 11.1 Å². The summed E-state index contributed by atoms with van der Waals surface area (Å²) in [5.74, 6) is 0.623. The molecule has 2 aromatic heterocycles. The fourth-order valence-corrected chi connectivity index (χ4v) is 4.53. The normalized spacial score (nSPS) is 11.8. The fraction of sp³-hybridized carbons (Fsp3) is 0.0476. The van der Waals surface area contributed by atoms with Gasteiger partial charge in [0.05, 0.1) is 22.8 Å². The number of amides is 1. The largest absolute Gasteiger partial charge is 0.323 e. The van der Waals surface area contributed by atoms with E-state index in [2.05, 4.69) is 29.2 Å². The predicted octanol–water partition coefficient (Wildman–Crippen LogP) is 5.44. The molecule has 1 N–H and O–H groups in total. The number of fused-ring (bicyclic) bond motifs is 1. The summed E-state index contributed by atoms with van der Waals surface area (Å²) < 4.78 is 10.4. The average molecular weight is 480 g/mol. The first-order chi connectivity index (χ1) is 15.7. The summed E-state index contributed by atoms with van der Waals surface area (Å²) >= 11 is 8.47. The Labute approximate surface area is 196 Å². The lowest BCUT2D eigenvalue weighted by Crippen LogP contribution is -2.14. The Kier molecular flexibility index (Phi) is 5.80. The van der Waals surface area contributed by atoms with Crippen molar-refractivity contribution >= 4 is 57.7 Å². The van der Waals surface area contributed by atoms with Crippen molar-refractivity contribution in [2.45, 2.75) is 5.16 Å². The SMILES string of the molecule is O=C(CSc1nnc(-c2ccncc2)n1-c1ccc(Cl)cc1)Nc1cccc2c1N=S=N2. The predicted molar refractivity (Wildman–Crippen MR) is 127 cm³/mol. The standard InChI is InChI=1S/C21H14ClN7OS2/c22-14-4-6-15(7-5-14)29-20(13-8-10-23-11-9-13)25-26-21(29)31-12-18(30)24-16-2-1-3-17-19(16)28-32-27-17/h1-11H,12H2,(H,24,30). The van der Waals surface area contributed by atoms with E-state index < -0.39 is 0 Å². The van der Waals surface area contributed by atoms with Gasteiger partial charge in [0, 0.05) is 28.7 Å². The number of hydrogen-bond acceptors (Lipinski definition) is 7. The number of carbonyl (C=O) groups is 1. The van der Waals surface area contributed by atoms with Gasteiger partial charge in [-0.2, -0.15) is 8.73 Å². The van der Waals surface area contributed by atoms with Crippen molar-refractivity contribution in [1.82, 2.24) is 19.7 Å². The highest BCUT2D eigenvalue weighted by molar-refractivity contribution is 7.99. The fourth-order valence-electron chi connectivity index (χ4n) is 3.10. The van der Waals surface area contributed by atoms with Crippen LogP contribution in [0.25, 0.3) is 17.1 Å². The lowest BCUT2D eigenvalue weighted by molar-refractivity contribution is -0.113. The Bertz CT molecular complexity index is 1370. The number of rotatable bonds is 6. The Hall–Kier alpha value is -3.34. The summed E-state index contributed by atoms with van der Waals surface area (Å²) in [5.41, 5.74) is 3.78. The van der Waals surface area contributed by atoms with Crippen molar-refractivity contribution in [3.05, 3.63) is 72.0 Å². The van der Waals surface area contributed by atoms with Crippen LogP contribution in [0.3, 0.4) is 0 Å². The van der Waals surface area contributed by atoms with E-state index in [-0.39, 0.29) is 11.7 Å². The van der Waals surface area contributed by atoms with E-state index in [1.54, 1.807) is 24.5 Å². The number of carbonyl (C=O) groups excluding carboxylic acids is 1. The highest BCUT2D eigenvalue weighted by Crippen LogP contribution is 2.38. The Morgan fingerprint density at radius 3 is 2.66 bits per heavy atom. The van der Waals surface area contributed by atoms with Crippen LogP contribution >= 0.6 is 23.4 Å². The zero-order chi connectivity index (χ0) is 21.9. The number of nitrogens with zero attached hydrogens (tertiary/aromatic N) is 6. The molecule has 32 heavy (non-hydrogen) atoms. The molecule has 0 unspecified atom stereocenters. The molecule has 2 aromatic carbocycles. The molecule has 11 heteroatoms. The molecule has 8 nitrogen and oxygen atoms in total. The second-order valence-corrected chi connectivity index (χ2v) is 8.54. The summed E-state index contributed by atoms with van der Waals surface area (Å²) in [6.07, 6.45) is 3.40. The van der Waals surface area contributed by atoms with Gasteiger partial charge >= 0.3 is 0 Å². The number of pyridine rings is 1. The van der Waals surface area contributed by atoms with Gasteiger partial charge in [0.2, 0.25) is 5.91 Å². The van der Waals surface area contributed by atoms with Crippen molar-refractivity contribution < 1.29 is 4.79 Å². The number of nitrogens with one attached hydrogen (secondary N) is 1. The van der Waals surface area contributed by atoms with Crippen LogP contribution in [0.4, 0.5) is 17.1 Å². The van der Waals surface area contributed by atoms with E-state index in [1.807, 2.05) is 47.0 Å². The zero-order valence-electron chi connectivity index (χ0n) is 16.3. The maximum Gasteiger partial charge on any atom is 0.234 e. The molecule has 0 radical (unpaired) electrons. The van der Waals surface area contributed by atoms with Gasteiger partial charge in [-0.05, 0) is 48.5 Å². The van der Waals surface area contributed by atoms with Gasteiger partial charge in [0.25, 0.3) is 0 Å². The van der Waals surface area contributed by atoms with Crippen LogP contribution in [0.1, 0.15) is 0 Å². The van der Waals surface area contributed by atoms with Crippen LogP contribution in [0.5, 0.6) is 0 Å². The van der Waals surface area contributed by atoms with Gasteiger partial charge in [-0.1, -0.05) is 29.4 Å². The van der Waals surface area contributed by atoms with Gasteiger partial charge in [0.15, 0.2) is 11.0 Å². The maximum absolute atomic E-state index is 12.7. The van der Waals surface area contributed by atoms with E-state index in [0.29, 0.717) is 27.4 Å². The number of anilines is 1. The molecule has 1 aliphatic rings. The van der Waals surface area contributed by atoms with Crippen molar-refractivity contribution in [3.8, 4) is 17.1 Å². The molecule has 4 aromatic rings. The lowest BCUT2D eigenvalue weighted by Gasteiger charge is -2.11. The number of halogens is 1. The first-order valence-electron chi connectivity index (χ1n) is 9.45. The van der Waals surface area contributed by atoms with Crippen molar-refractivity contribution in [1.29, 1.82) is 0 Å². The smallest absolute Gasteiger partial charge is 0.234 e. The second kappa shape index (κ2) is 9.03. The monoisotopic (exact) mass is 479 g/mol. The summed E-state index contributed by atoms with van der Waals surface area (Å²) in [6.45, 7) is 0. The molecule has 0 saturated carbocycles. The van der Waals surface area contributed by atoms with Gasteiger partial charge in [0.1, 0.15) is 11.4 Å². The minimum absolute atomic E-state index is 0.149. The van der Waals surface area contributed by atoms with Gasteiger partial charge in [-0.15, -0.1) is 10.2 Å². The molecule has 1 aliphatic heterocycles. The number of benzene rings is 2. The molecule has 1 amide bonds. The topological polar surface area (TPSA) is 97.4 Å². The van der Waals surface area contributed by atoms with E-state index in [0.717, 1.165) is 28.3 Å². The van der Waals surface area contributed by atoms with Gasteiger partial charge in [-0.3, -0.25) is 14.3 Å². The molecule has 5 rings (SSSR count). The molecule has 0 spiro atoms. The van der Waals surface area contributed by atoms with Gasteiger partial charge < -0.3 is 5.32 Å². The lowest BCUT2D eigenvalue weighted by atomic mass is 10.2. The van der Waals surface area contributed by atoms with E-state index >= 15 is 0 Å². The van der Waals surface area contributed by atoms with Crippen LogP contribution in [0.15, 0.2) is 80.9 Å². The summed E-state index contributed by atoms with van der Waals surface area (Å²) in [4.78, 5) is 16.7. The molecule has 0 saturated heterocycles. The minimum Gasteiger partial charge on any atom is -0.323 e. The molecular formula is C21H14ClN7OS2.